The van der Waals surface area contributed by atoms with Crippen molar-refractivity contribution >= 4 is 70.1 Å². The minimum Gasteiger partial charge on any atom is -0.479 e. The molecule has 7 aliphatic rings. The summed E-state index contributed by atoms with van der Waals surface area (Å²) in [4.78, 5) is 146. The van der Waals surface area contributed by atoms with Gasteiger partial charge in [-0.05, 0) is 135 Å². The van der Waals surface area contributed by atoms with Crippen LogP contribution in [0, 0.1) is 24.1 Å². The Bertz CT molecular complexity index is 5700. The number of hydrogen-bond acceptors (Lipinski definition) is 33. The molecule has 8 atom stereocenters. The van der Waals surface area contributed by atoms with Crippen molar-refractivity contribution in [3.8, 4) is 39.7 Å². The number of aliphatic carboxylic acids is 1. The third-order valence-electron chi connectivity index (χ3n) is 27.6. The molecule has 0 radical (unpaired) electrons. The molecule has 11 N–H and O–H groups in total. The van der Waals surface area contributed by atoms with E-state index >= 15 is 4.39 Å². The van der Waals surface area contributed by atoms with Crippen LogP contribution < -0.4 is 41.8 Å². The van der Waals surface area contributed by atoms with Crippen molar-refractivity contribution in [1.82, 2.24) is 56.4 Å². The number of ether oxygens (including phenoxy) is 16. The van der Waals surface area contributed by atoms with Gasteiger partial charge in [0.1, 0.15) is 60.5 Å². The Morgan fingerprint density at radius 2 is 1.19 bits per heavy atom. The Kier molecular flexibility index (Phi) is 41.7. The van der Waals surface area contributed by atoms with Crippen molar-refractivity contribution in [2.24, 2.45) is 11.3 Å². The predicted octanol–water partition coefficient (Wildman–Crippen LogP) is 5.01. The highest BCUT2D eigenvalue weighted by molar-refractivity contribution is 6.00. The molecule has 2 aliphatic carbocycles. The molecule has 4 aromatic carbocycles. The lowest BCUT2D eigenvalue weighted by molar-refractivity contribution is -0.271. The SMILES string of the molecule is CCC1(O)C(=O)OCc2c1cc1n(c2=O)Cc2c-1nc1cc(F)c(C)c3c1c2C(NC(=O)OCc1ccc(OC2OC(C(=O)O)C(O)C(O)C2O)c(CNC(=O)CCNC(=O)C(CNC(=O)CCOCCOCCOCCOCCOCCOCCOCCOCCOCCOCCOCCOC)NC(=O)C2CCC4(CC2)CCN(C(=O)CCCCC(=O)N2Cc5ccccc5-c5n[nH]nc5-c5ccccc52)CC4)c1)CC3. The molecule has 5 aliphatic heterocycles. The van der Waals surface area contributed by atoms with Crippen LogP contribution in [-0.2, 0) is 154 Å². The van der Waals surface area contributed by atoms with Crippen LogP contribution in [0.3, 0.4) is 0 Å². The van der Waals surface area contributed by atoms with Gasteiger partial charge in [0.05, 0.1) is 199 Å². The number of unbranched alkanes of at least 4 members (excludes halogenated alkanes) is 1. The number of fused-ring (bicyclic) bond motifs is 10. The number of carbonyl (C=O) groups is 9. The number of carbonyl (C=O) groups excluding carboxylic acids is 8. The molecule has 800 valence electrons. The maximum Gasteiger partial charge on any atom is 0.407 e. The molecule has 14 rings (SSSR count). The topological polar surface area (TPSA) is 546 Å². The van der Waals surface area contributed by atoms with E-state index in [1.54, 1.807) is 25.9 Å². The van der Waals surface area contributed by atoms with Crippen LogP contribution in [0.4, 0.5) is 14.9 Å². The van der Waals surface area contributed by atoms with E-state index in [1.165, 1.54) is 34.9 Å². The van der Waals surface area contributed by atoms with Crippen molar-refractivity contribution in [3.05, 3.63) is 145 Å². The molecule has 44 heteroatoms. The standard InChI is InChI=1S/C103H135FN12O31/c1-4-103(131)74-56-80-88-72(61-116(80)97(126)73(74)63-144-100(103)129)87-76(19-18-69-64(2)75(104)57-77(108-88)86(69)87)110-101(130)145-62-65-17-20-81(146-99-93(123)91(121)92(122)94(147-99)98(127)128)68(55-65)58-106-82(117)23-29-105-96(125)78(59-107-83(118)24-32-133-35-36-135-39-40-137-43-44-139-47-48-141-51-52-143-54-53-142-50-49-140-46-45-138-42-41-136-38-37-134-34-33-132-3)109-95(124)66-21-25-102(26-22-66)27-30-114(31-28-102)84(119)15-9-10-16-85(120)115-60-67-11-5-6-12-70(67)89-90(112-113-111-89)71-13-7-8-14-79(71)115/h5-8,11-14,17,20,55-57,66,76,78,91-94,99,121-123,131H,4,9-10,15-16,18-19,21-54,58-63H2,1-3H3,(H,105,125)(H,106,117)(H,107,118)(H,109,124)(H,110,130)(H,127,128)(H,111,112,113). The van der Waals surface area contributed by atoms with E-state index in [1.807, 2.05) is 53.4 Å². The number of halogens is 1. The summed E-state index contributed by atoms with van der Waals surface area (Å²) in [5.41, 5.74) is 5.42. The zero-order valence-corrected chi connectivity index (χ0v) is 83.3. The number of H-pyrrole nitrogens is 1. The zero-order chi connectivity index (χ0) is 104. The fraction of sp³-hybridized carbons (Fsp3) is 0.583. The Morgan fingerprint density at radius 3 is 1.80 bits per heavy atom. The van der Waals surface area contributed by atoms with Gasteiger partial charge in [-0.3, -0.25) is 33.6 Å². The number of rotatable bonds is 58. The van der Waals surface area contributed by atoms with Crippen molar-refractivity contribution in [1.29, 1.82) is 0 Å². The monoisotopic (exact) mass is 2050 g/mol. The fourth-order valence-corrected chi connectivity index (χ4v) is 19.3. The number of aryl methyl sites for hydroxylation is 1. The smallest absolute Gasteiger partial charge is 0.407 e. The molecule has 1 spiro atoms. The Balaban J connectivity index is 0.533. The van der Waals surface area contributed by atoms with E-state index in [2.05, 4.69) is 42.0 Å². The maximum atomic E-state index is 15.8. The van der Waals surface area contributed by atoms with Gasteiger partial charge in [-0.1, -0.05) is 55.5 Å². The third kappa shape index (κ3) is 29.4. The Morgan fingerprint density at radius 1 is 0.612 bits per heavy atom. The van der Waals surface area contributed by atoms with E-state index in [-0.39, 0.29) is 154 Å². The number of nitrogens with one attached hydrogen (secondary N) is 6. The largest absolute Gasteiger partial charge is 0.479 e. The molecule has 8 unspecified atom stereocenters. The number of nitrogens with zero attached hydrogens (tertiary/aromatic N) is 6. The molecule has 8 heterocycles. The highest BCUT2D eigenvalue weighted by atomic mass is 19.1. The molecule has 7 amide bonds. The van der Waals surface area contributed by atoms with Crippen LogP contribution in [0.15, 0.2) is 83.7 Å². The summed E-state index contributed by atoms with van der Waals surface area (Å²) in [7, 11) is 1.63. The second kappa shape index (κ2) is 55.1. The van der Waals surface area contributed by atoms with Crippen LogP contribution in [-0.4, -0.2) is 331 Å². The number of likely N-dealkylation sites (tertiary alicyclic amines) is 1. The average molecular weight is 2060 g/mol. The summed E-state index contributed by atoms with van der Waals surface area (Å²) in [6.07, 6.45) is -5.67. The Hall–Kier alpha value is -11.5. The first-order chi connectivity index (χ1) is 71.4. The first-order valence-electron chi connectivity index (χ1n) is 50.4. The summed E-state index contributed by atoms with van der Waals surface area (Å²) in [5, 5.41) is 80.1. The number of methoxy groups -OCH3 is 1. The predicted molar refractivity (Wildman–Crippen MR) is 522 cm³/mol. The summed E-state index contributed by atoms with van der Waals surface area (Å²) in [6, 6.07) is 20.4. The molecule has 43 nitrogen and oxygen atoms in total. The number of anilines is 1. The van der Waals surface area contributed by atoms with Crippen LogP contribution in [0.25, 0.3) is 44.8 Å². The third-order valence-corrected chi connectivity index (χ3v) is 27.6. The second-order valence-corrected chi connectivity index (χ2v) is 37.1. The Labute approximate surface area is 849 Å². The van der Waals surface area contributed by atoms with Gasteiger partial charge in [0.25, 0.3) is 5.56 Å². The number of aliphatic hydroxyl groups is 4. The van der Waals surface area contributed by atoms with Crippen LogP contribution >= 0.6 is 0 Å². The van der Waals surface area contributed by atoms with Crippen molar-refractivity contribution < 1.29 is 149 Å². The minimum absolute atomic E-state index is 0.00867. The second-order valence-electron chi connectivity index (χ2n) is 37.1. The van der Waals surface area contributed by atoms with Crippen LogP contribution in [0.5, 0.6) is 5.75 Å². The van der Waals surface area contributed by atoms with E-state index in [9.17, 15) is 73.5 Å². The van der Waals surface area contributed by atoms with E-state index in [0.717, 1.165) is 35.2 Å². The zero-order valence-electron chi connectivity index (χ0n) is 83.3. The van der Waals surface area contributed by atoms with Gasteiger partial charge < -0.3 is 142 Å². The first-order valence-corrected chi connectivity index (χ1v) is 50.4. The molecule has 1 saturated carbocycles. The van der Waals surface area contributed by atoms with E-state index in [4.69, 9.17) is 80.8 Å². The number of pyridine rings is 2. The van der Waals surface area contributed by atoms with Gasteiger partial charge in [-0.2, -0.15) is 15.4 Å². The summed E-state index contributed by atoms with van der Waals surface area (Å²) < 4.78 is 106. The number of aromatic nitrogens is 5. The average Bonchev–Trinajstić information content (AvgIpc) is 1.48. The lowest BCUT2D eigenvalue weighted by atomic mass is 9.65. The maximum absolute atomic E-state index is 15.8. The first kappa shape index (κ1) is 111. The van der Waals surface area contributed by atoms with E-state index in [0.29, 0.717) is 235 Å². The number of hydrogen-bond donors (Lipinski definition) is 11. The summed E-state index contributed by atoms with van der Waals surface area (Å²) in [5.74, 6) is -6.10. The van der Waals surface area contributed by atoms with Gasteiger partial charge in [-0.15, -0.1) is 0 Å². The summed E-state index contributed by atoms with van der Waals surface area (Å²) >= 11 is 0. The number of esters is 1. The number of alkyl carbamates (subject to hydrolysis) is 1. The lowest BCUT2D eigenvalue weighted by Crippen LogP contribution is -2.61. The van der Waals surface area contributed by atoms with Crippen molar-refractivity contribution in [3.63, 3.8) is 0 Å². The van der Waals surface area contributed by atoms with Crippen LogP contribution in [0.1, 0.15) is 153 Å². The number of aromatic amines is 1. The van der Waals surface area contributed by atoms with Gasteiger partial charge in [-0.25, -0.2) is 23.8 Å². The van der Waals surface area contributed by atoms with Gasteiger partial charge in [0.2, 0.25) is 41.7 Å². The molecule has 3 fully saturated rings. The number of cyclic esters (lactones) is 1. The molecule has 3 aromatic heterocycles. The molecule has 7 aromatic rings. The number of para-hydroxylation sites is 1. The minimum atomic E-state index is -2.13. The fourth-order valence-electron chi connectivity index (χ4n) is 19.3. The quantitative estimate of drug-likeness (QED) is 0.0176. The van der Waals surface area contributed by atoms with E-state index < -0.39 is 114 Å². The molecule has 147 heavy (non-hydrogen) atoms. The number of aliphatic hydroxyl groups excluding tert-OH is 3. The molecule has 2 saturated heterocycles. The lowest BCUT2D eigenvalue weighted by Gasteiger charge is -2.45. The number of carboxylic acid groups (broad SMARTS) is 1. The number of piperidine rings is 1. The van der Waals surface area contributed by atoms with Gasteiger partial charge >= 0.3 is 18.0 Å². The van der Waals surface area contributed by atoms with Gasteiger partial charge in [0, 0.05) is 111 Å². The van der Waals surface area contributed by atoms with Gasteiger partial charge in [0.15, 0.2) is 11.7 Å². The molecular formula is C103H135FN12O31. The normalized spacial score (nSPS) is 19.3. The number of amides is 7. The van der Waals surface area contributed by atoms with Crippen molar-refractivity contribution in [2.75, 3.05) is 190 Å². The summed E-state index contributed by atoms with van der Waals surface area (Å²) in [6.45, 7) is 11.7. The molecule has 0 bridgehead atoms. The van der Waals surface area contributed by atoms with Crippen LogP contribution in [0.2, 0.25) is 0 Å². The highest BCUT2D eigenvalue weighted by Crippen LogP contribution is 2.49. The highest BCUT2D eigenvalue weighted by Gasteiger charge is 2.50. The number of carboxylic acids is 1. The molecular weight excluding hydrogens is 1920 g/mol. The number of benzene rings is 4. The van der Waals surface area contributed by atoms with Crippen molar-refractivity contribution in [2.45, 2.75) is 191 Å².